The van der Waals surface area contributed by atoms with Crippen molar-refractivity contribution in [1.82, 2.24) is 0 Å². The number of methoxy groups -OCH3 is 1. The molecule has 0 saturated carbocycles. The number of benzene rings is 1. The fourth-order valence-electron chi connectivity index (χ4n) is 5.69. The van der Waals surface area contributed by atoms with Gasteiger partial charge in [-0.05, 0) is 56.6 Å². The van der Waals surface area contributed by atoms with Gasteiger partial charge < -0.3 is 40.6 Å². The van der Waals surface area contributed by atoms with Gasteiger partial charge >= 0.3 is 6.09 Å². The number of nitrogens with two attached hydrogens (primary N) is 1. The molecule has 6 N–H and O–H groups in total. The molecule has 1 aromatic rings. The van der Waals surface area contributed by atoms with E-state index in [2.05, 4.69) is 5.32 Å². The number of hydrogen-bond donors (Lipinski definition) is 5. The minimum Gasteiger partial charge on any atom is -0.508 e. The van der Waals surface area contributed by atoms with Crippen LogP contribution in [0.4, 0.5) is 10.5 Å². The number of anilines is 1. The van der Waals surface area contributed by atoms with Crippen LogP contribution in [0.3, 0.4) is 0 Å². The van der Waals surface area contributed by atoms with E-state index in [-0.39, 0.29) is 53.0 Å². The maximum Gasteiger partial charge on any atom is 0.405 e. The second kappa shape index (κ2) is 14.9. The van der Waals surface area contributed by atoms with Gasteiger partial charge in [-0.1, -0.05) is 32.9 Å². The molecule has 0 fully saturated rings. The molecule has 2 bridgehead atoms. The summed E-state index contributed by atoms with van der Waals surface area (Å²) < 4.78 is 11.3. The number of allylic oxidation sites excluding steroid dienone is 1. The monoisotopic (exact) mass is 560 g/mol. The summed E-state index contributed by atoms with van der Waals surface area (Å²) in [5.74, 6) is -2.95. The van der Waals surface area contributed by atoms with Crippen molar-refractivity contribution in [3.63, 3.8) is 0 Å². The van der Waals surface area contributed by atoms with E-state index in [9.17, 15) is 29.7 Å². The molecule has 40 heavy (non-hydrogen) atoms. The van der Waals surface area contributed by atoms with Crippen LogP contribution in [0.25, 0.3) is 0 Å². The Balaban J connectivity index is 2.63. The molecule has 1 aromatic carbocycles. The van der Waals surface area contributed by atoms with Crippen molar-refractivity contribution in [3.05, 3.63) is 41.0 Å². The number of carbonyl (C=O) groups excluding carboxylic acids is 3. The van der Waals surface area contributed by atoms with Gasteiger partial charge in [0.1, 0.15) is 23.9 Å². The van der Waals surface area contributed by atoms with Crippen molar-refractivity contribution in [2.24, 2.45) is 29.4 Å². The number of phenolic OH excluding ortho intramolecular Hbond substituents is 2. The molecule has 0 unspecified atom stereocenters. The van der Waals surface area contributed by atoms with Gasteiger partial charge in [-0.3, -0.25) is 4.79 Å². The zero-order valence-corrected chi connectivity index (χ0v) is 24.2. The highest BCUT2D eigenvalue weighted by atomic mass is 16.6. The van der Waals surface area contributed by atoms with Crippen molar-refractivity contribution >= 4 is 24.0 Å². The van der Waals surface area contributed by atoms with Gasteiger partial charge in [-0.15, -0.1) is 0 Å². The highest BCUT2D eigenvalue weighted by molar-refractivity contribution is 6.04. The first-order valence-electron chi connectivity index (χ1n) is 13.6. The SMILES string of the molecule is CO[C@H]1[C@@H](CO)C[C@H](C)[C@@H](C=O)c2cc(O)cc(c2O)NC(=O)C(C)=CCC[C@H](C)[C@@H](OC(N)=O)C(C)=C[C@@H]1C. The van der Waals surface area contributed by atoms with Crippen molar-refractivity contribution in [2.75, 3.05) is 19.0 Å². The van der Waals surface area contributed by atoms with Crippen molar-refractivity contribution < 1.29 is 39.2 Å². The molecule has 1 aliphatic heterocycles. The van der Waals surface area contributed by atoms with E-state index >= 15 is 0 Å². The third-order valence-electron chi connectivity index (χ3n) is 7.82. The van der Waals surface area contributed by atoms with Crippen LogP contribution >= 0.6 is 0 Å². The third-order valence-corrected chi connectivity index (χ3v) is 7.82. The molecule has 0 radical (unpaired) electrons. The lowest BCUT2D eigenvalue weighted by molar-refractivity contribution is -0.113. The lowest BCUT2D eigenvalue weighted by Gasteiger charge is -2.33. The molecule has 0 spiro atoms. The maximum atomic E-state index is 12.9. The van der Waals surface area contributed by atoms with E-state index in [1.54, 1.807) is 20.1 Å². The fourth-order valence-corrected chi connectivity index (χ4v) is 5.69. The molecular weight excluding hydrogens is 516 g/mol. The Labute approximate surface area is 236 Å². The number of fused-ring (bicyclic) bond motifs is 2. The average Bonchev–Trinajstić information content (AvgIpc) is 2.88. The summed E-state index contributed by atoms with van der Waals surface area (Å²) in [6.07, 6.45) is 3.87. The number of phenols is 2. The van der Waals surface area contributed by atoms with E-state index in [0.717, 1.165) is 5.57 Å². The van der Waals surface area contributed by atoms with E-state index in [1.807, 2.05) is 33.8 Å². The van der Waals surface area contributed by atoms with E-state index < -0.39 is 30.1 Å². The molecular formula is C30H44N2O8. The van der Waals surface area contributed by atoms with Gasteiger partial charge in [0.25, 0.3) is 5.91 Å². The second-order valence-corrected chi connectivity index (χ2v) is 11.0. The van der Waals surface area contributed by atoms with Crippen LogP contribution in [0.2, 0.25) is 0 Å². The number of ether oxygens (including phenoxy) is 2. The number of nitrogens with one attached hydrogen (secondary N) is 1. The largest absolute Gasteiger partial charge is 0.508 e. The molecule has 1 aliphatic rings. The number of hydrogen-bond acceptors (Lipinski definition) is 8. The van der Waals surface area contributed by atoms with Crippen LogP contribution in [0.15, 0.2) is 35.4 Å². The summed E-state index contributed by atoms with van der Waals surface area (Å²) in [7, 11) is 1.55. The quantitative estimate of drug-likeness (QED) is 0.156. The number of rotatable bonds is 4. The van der Waals surface area contributed by atoms with E-state index in [0.29, 0.717) is 31.1 Å². The van der Waals surface area contributed by atoms with Gasteiger partial charge in [0.05, 0.1) is 11.8 Å². The number of aromatic hydroxyl groups is 2. The highest BCUT2D eigenvalue weighted by Crippen LogP contribution is 2.41. The number of primary amides is 1. The average molecular weight is 561 g/mol. The Morgan fingerprint density at radius 3 is 2.42 bits per heavy atom. The van der Waals surface area contributed by atoms with Gasteiger partial charge in [0.2, 0.25) is 0 Å². The van der Waals surface area contributed by atoms with Crippen LogP contribution in [0, 0.1) is 23.7 Å². The molecule has 0 aromatic heterocycles. The number of aliphatic hydroxyl groups is 1. The van der Waals surface area contributed by atoms with Crippen molar-refractivity contribution in [1.29, 1.82) is 0 Å². The van der Waals surface area contributed by atoms with Crippen LogP contribution in [0.1, 0.15) is 65.4 Å². The van der Waals surface area contributed by atoms with Gasteiger partial charge in [-0.25, -0.2) is 4.79 Å². The van der Waals surface area contributed by atoms with Gasteiger partial charge in [0.15, 0.2) is 0 Å². The molecule has 222 valence electrons. The smallest absolute Gasteiger partial charge is 0.405 e. The molecule has 2 amide bonds. The molecule has 0 saturated heterocycles. The lowest BCUT2D eigenvalue weighted by Crippen LogP contribution is -2.35. The Hall–Kier alpha value is -3.37. The summed E-state index contributed by atoms with van der Waals surface area (Å²) in [6.45, 7) is 8.94. The summed E-state index contributed by atoms with van der Waals surface area (Å²) in [6, 6.07) is 2.53. The zero-order valence-electron chi connectivity index (χ0n) is 24.2. The predicted molar refractivity (Wildman–Crippen MR) is 152 cm³/mol. The number of aldehydes is 1. The Kier molecular flexibility index (Phi) is 12.2. The minimum absolute atomic E-state index is 0.0186. The topological polar surface area (TPSA) is 168 Å². The second-order valence-electron chi connectivity index (χ2n) is 11.0. The molecule has 0 aliphatic carbocycles. The van der Waals surface area contributed by atoms with Crippen LogP contribution in [-0.4, -0.2) is 59.5 Å². The van der Waals surface area contributed by atoms with Gasteiger partial charge in [0, 0.05) is 48.7 Å². The summed E-state index contributed by atoms with van der Waals surface area (Å²) >= 11 is 0. The molecule has 10 nitrogen and oxygen atoms in total. The number of carbonyl (C=O) groups is 3. The van der Waals surface area contributed by atoms with Crippen molar-refractivity contribution in [2.45, 2.75) is 72.0 Å². The van der Waals surface area contributed by atoms with Crippen LogP contribution in [-0.2, 0) is 19.1 Å². The lowest BCUT2D eigenvalue weighted by atomic mass is 9.78. The van der Waals surface area contributed by atoms with Crippen LogP contribution in [0.5, 0.6) is 11.5 Å². The van der Waals surface area contributed by atoms with Crippen molar-refractivity contribution in [3.8, 4) is 11.5 Å². The first-order chi connectivity index (χ1) is 18.8. The highest BCUT2D eigenvalue weighted by Gasteiger charge is 2.33. The zero-order chi connectivity index (χ0) is 30.1. The number of amides is 2. The molecule has 1 heterocycles. The Bertz CT molecular complexity index is 1120. The fraction of sp³-hybridized carbons (Fsp3) is 0.567. The predicted octanol–water partition coefficient (Wildman–Crippen LogP) is 4.39. The maximum absolute atomic E-state index is 12.9. The molecule has 2 rings (SSSR count). The normalized spacial score (nSPS) is 29.1. The minimum atomic E-state index is -0.892. The van der Waals surface area contributed by atoms with E-state index in [1.165, 1.54) is 12.1 Å². The molecule has 10 heteroatoms. The standard InChI is InChI=1S/C30H44N2O8/c1-16-8-7-9-17(2)29(37)32-25-13-22(35)12-23(26(25)36)24(15-34)18(3)11-21(14-33)28(39-6)20(5)10-19(4)27(16)40-30(31)38/h9-10,12-13,15-16,18,20-21,24,27-28,33,35-36H,7-8,11,14H2,1-6H3,(H2,31,38)(H,32,37)/t16-,18-,20-,21+,24+,27+,28+/m0/s1. The Morgan fingerprint density at radius 2 is 1.85 bits per heavy atom. The number of aliphatic hydroxyl groups excluding tert-OH is 1. The molecule has 7 atom stereocenters. The summed E-state index contributed by atoms with van der Waals surface area (Å²) in [5, 5.41) is 34.3. The first kappa shape index (κ1) is 32.8. The van der Waals surface area contributed by atoms with Gasteiger partial charge in [-0.2, -0.15) is 0 Å². The summed E-state index contributed by atoms with van der Waals surface area (Å²) in [5.41, 5.74) is 6.70. The van der Waals surface area contributed by atoms with Crippen LogP contribution < -0.4 is 11.1 Å². The Morgan fingerprint density at radius 1 is 1.18 bits per heavy atom. The summed E-state index contributed by atoms with van der Waals surface area (Å²) in [4.78, 5) is 36.9. The third kappa shape index (κ3) is 8.32. The first-order valence-corrected chi connectivity index (χ1v) is 13.6. The van der Waals surface area contributed by atoms with E-state index in [4.69, 9.17) is 15.2 Å².